The summed E-state index contributed by atoms with van der Waals surface area (Å²) in [5.41, 5.74) is -0.766. The summed E-state index contributed by atoms with van der Waals surface area (Å²) in [4.78, 5) is 11.9. The molecule has 26 heavy (non-hydrogen) atoms. The first-order valence-electron chi connectivity index (χ1n) is 8.21. The van der Waals surface area contributed by atoms with Crippen LogP contribution in [0.1, 0.15) is 25.3 Å². The summed E-state index contributed by atoms with van der Waals surface area (Å²) in [6, 6.07) is 11.3. The van der Waals surface area contributed by atoms with E-state index in [0.29, 0.717) is 18.1 Å². The number of anilines is 1. The minimum atomic E-state index is -4.46. The highest BCUT2D eigenvalue weighted by Gasteiger charge is 2.30. The van der Waals surface area contributed by atoms with Crippen molar-refractivity contribution in [3.05, 3.63) is 54.1 Å². The largest absolute Gasteiger partial charge is 0.493 e. The van der Waals surface area contributed by atoms with Gasteiger partial charge in [0.1, 0.15) is 11.5 Å². The van der Waals surface area contributed by atoms with E-state index in [1.807, 2.05) is 0 Å². The quantitative estimate of drug-likeness (QED) is 0.675. The summed E-state index contributed by atoms with van der Waals surface area (Å²) in [5, 5.41) is 2.39. The second-order valence-corrected chi connectivity index (χ2v) is 5.59. The van der Waals surface area contributed by atoms with Crippen LogP contribution in [0.4, 0.5) is 18.9 Å². The van der Waals surface area contributed by atoms with Gasteiger partial charge in [0.25, 0.3) is 5.91 Å². The van der Waals surface area contributed by atoms with Crippen LogP contribution in [-0.4, -0.2) is 19.1 Å². The summed E-state index contributed by atoms with van der Waals surface area (Å²) in [5.74, 6) is 0.522. The van der Waals surface area contributed by atoms with E-state index < -0.39 is 17.6 Å². The number of unbranched alkanes of at least 4 members (excludes halogenated alkanes) is 1. The van der Waals surface area contributed by atoms with E-state index in [2.05, 4.69) is 12.2 Å². The van der Waals surface area contributed by atoms with Gasteiger partial charge in [-0.05, 0) is 36.8 Å². The molecule has 0 aromatic heterocycles. The van der Waals surface area contributed by atoms with Gasteiger partial charge in [-0.1, -0.05) is 25.5 Å². The van der Waals surface area contributed by atoms with Gasteiger partial charge in [0, 0.05) is 11.8 Å². The average Bonchev–Trinajstić information content (AvgIpc) is 2.60. The number of carbonyl (C=O) groups excluding carboxylic acids is 1. The summed E-state index contributed by atoms with van der Waals surface area (Å²) in [6.45, 7) is 2.33. The minimum Gasteiger partial charge on any atom is -0.493 e. The Bertz CT molecular complexity index is 732. The van der Waals surface area contributed by atoms with Crippen molar-refractivity contribution in [2.75, 3.05) is 18.5 Å². The zero-order valence-corrected chi connectivity index (χ0v) is 14.3. The fourth-order valence-electron chi connectivity index (χ4n) is 2.11. The normalized spacial score (nSPS) is 11.1. The number of halogens is 3. The van der Waals surface area contributed by atoms with E-state index >= 15 is 0 Å². The fraction of sp³-hybridized carbons (Fsp3) is 0.316. The van der Waals surface area contributed by atoms with Gasteiger partial charge in [0.05, 0.1) is 12.2 Å². The molecule has 0 aliphatic carbocycles. The van der Waals surface area contributed by atoms with E-state index in [1.165, 1.54) is 12.1 Å². The molecule has 0 bridgehead atoms. The highest BCUT2D eigenvalue weighted by Crippen LogP contribution is 2.30. The first kappa shape index (κ1) is 19.6. The first-order valence-corrected chi connectivity index (χ1v) is 8.21. The maximum atomic E-state index is 12.7. The van der Waals surface area contributed by atoms with Crippen molar-refractivity contribution in [3.63, 3.8) is 0 Å². The van der Waals surface area contributed by atoms with Gasteiger partial charge in [0.15, 0.2) is 6.61 Å². The third-order valence-corrected chi connectivity index (χ3v) is 3.42. The Balaban J connectivity index is 1.88. The highest BCUT2D eigenvalue weighted by molar-refractivity contribution is 5.91. The Morgan fingerprint density at radius 3 is 2.42 bits per heavy atom. The zero-order chi connectivity index (χ0) is 19.0. The average molecular weight is 367 g/mol. The van der Waals surface area contributed by atoms with Crippen molar-refractivity contribution >= 4 is 11.6 Å². The lowest BCUT2D eigenvalue weighted by Gasteiger charge is -2.11. The van der Waals surface area contributed by atoms with Gasteiger partial charge in [-0.2, -0.15) is 13.2 Å². The summed E-state index contributed by atoms with van der Waals surface area (Å²) >= 11 is 0. The van der Waals surface area contributed by atoms with Gasteiger partial charge in [0.2, 0.25) is 0 Å². The van der Waals surface area contributed by atoms with Crippen LogP contribution < -0.4 is 14.8 Å². The van der Waals surface area contributed by atoms with Gasteiger partial charge in [-0.3, -0.25) is 4.79 Å². The number of ether oxygens (including phenoxy) is 2. The topological polar surface area (TPSA) is 47.6 Å². The minimum absolute atomic E-state index is 0.0603. The monoisotopic (exact) mass is 367 g/mol. The number of nitrogens with one attached hydrogen (secondary N) is 1. The predicted octanol–water partition coefficient (Wildman–Crippen LogP) is 4.90. The third kappa shape index (κ3) is 6.31. The summed E-state index contributed by atoms with van der Waals surface area (Å²) in [7, 11) is 0. The van der Waals surface area contributed by atoms with Crippen LogP contribution >= 0.6 is 0 Å². The molecule has 0 radical (unpaired) electrons. The second kappa shape index (κ2) is 9.12. The van der Waals surface area contributed by atoms with E-state index in [-0.39, 0.29) is 12.3 Å². The van der Waals surface area contributed by atoms with Crippen molar-refractivity contribution in [2.24, 2.45) is 0 Å². The molecule has 2 rings (SSSR count). The molecule has 0 saturated heterocycles. The van der Waals surface area contributed by atoms with Crippen LogP contribution in [0.5, 0.6) is 11.5 Å². The van der Waals surface area contributed by atoms with E-state index in [4.69, 9.17) is 9.47 Å². The zero-order valence-electron chi connectivity index (χ0n) is 14.3. The number of rotatable bonds is 8. The van der Waals surface area contributed by atoms with Crippen molar-refractivity contribution in [1.29, 1.82) is 0 Å². The van der Waals surface area contributed by atoms with Gasteiger partial charge >= 0.3 is 6.18 Å². The standard InChI is InChI=1S/C19H20F3NO3/c1-2-3-10-25-16-8-5-9-17(12-16)26-13-18(24)23-15-7-4-6-14(11-15)19(20,21)22/h4-9,11-12H,2-3,10,13H2,1H3,(H,23,24). The van der Waals surface area contributed by atoms with E-state index in [0.717, 1.165) is 25.0 Å². The lowest BCUT2D eigenvalue weighted by Crippen LogP contribution is -2.20. The Labute approximate surface area is 149 Å². The molecular formula is C19H20F3NO3. The summed E-state index contributed by atoms with van der Waals surface area (Å²) < 4.78 is 48.9. The van der Waals surface area contributed by atoms with Crippen LogP contribution in [-0.2, 0) is 11.0 Å². The molecule has 0 unspecified atom stereocenters. The van der Waals surface area contributed by atoms with Gasteiger partial charge in [-0.25, -0.2) is 0 Å². The lowest BCUT2D eigenvalue weighted by molar-refractivity contribution is -0.137. The molecule has 0 aliphatic heterocycles. The second-order valence-electron chi connectivity index (χ2n) is 5.59. The Morgan fingerprint density at radius 1 is 1.04 bits per heavy atom. The molecule has 4 nitrogen and oxygen atoms in total. The number of benzene rings is 2. The Kier molecular flexibility index (Phi) is 6.89. The molecule has 0 atom stereocenters. The molecule has 0 spiro atoms. The van der Waals surface area contributed by atoms with Crippen molar-refractivity contribution in [1.82, 2.24) is 0 Å². The highest BCUT2D eigenvalue weighted by atomic mass is 19.4. The van der Waals surface area contributed by atoms with Gasteiger partial charge < -0.3 is 14.8 Å². The molecule has 2 aromatic carbocycles. The maximum absolute atomic E-state index is 12.7. The van der Waals surface area contributed by atoms with Crippen molar-refractivity contribution < 1.29 is 27.4 Å². The van der Waals surface area contributed by atoms with E-state index in [9.17, 15) is 18.0 Å². The van der Waals surface area contributed by atoms with Crippen LogP contribution in [0.2, 0.25) is 0 Å². The molecule has 0 fully saturated rings. The summed E-state index contributed by atoms with van der Waals surface area (Å²) in [6.07, 6.45) is -2.51. The maximum Gasteiger partial charge on any atom is 0.416 e. The number of hydrogen-bond acceptors (Lipinski definition) is 3. The molecule has 7 heteroatoms. The fourth-order valence-corrected chi connectivity index (χ4v) is 2.11. The predicted molar refractivity (Wildman–Crippen MR) is 92.4 cm³/mol. The number of hydrogen-bond donors (Lipinski definition) is 1. The molecule has 140 valence electrons. The van der Waals surface area contributed by atoms with E-state index in [1.54, 1.807) is 24.3 Å². The molecule has 2 aromatic rings. The SMILES string of the molecule is CCCCOc1cccc(OCC(=O)Nc2cccc(C(F)(F)F)c2)c1. The number of alkyl halides is 3. The Hall–Kier alpha value is -2.70. The first-order chi connectivity index (χ1) is 12.4. The Morgan fingerprint density at radius 2 is 1.73 bits per heavy atom. The molecule has 0 aliphatic rings. The molecule has 0 heterocycles. The smallest absolute Gasteiger partial charge is 0.416 e. The number of carbonyl (C=O) groups is 1. The number of amides is 1. The van der Waals surface area contributed by atoms with Crippen molar-refractivity contribution in [3.8, 4) is 11.5 Å². The molecule has 0 saturated carbocycles. The van der Waals surface area contributed by atoms with Gasteiger partial charge in [-0.15, -0.1) is 0 Å². The van der Waals surface area contributed by atoms with Crippen LogP contribution in [0, 0.1) is 0 Å². The molecular weight excluding hydrogens is 347 g/mol. The molecule has 1 N–H and O–H groups in total. The van der Waals surface area contributed by atoms with Crippen LogP contribution in [0.3, 0.4) is 0 Å². The third-order valence-electron chi connectivity index (χ3n) is 3.42. The van der Waals surface area contributed by atoms with Crippen LogP contribution in [0.15, 0.2) is 48.5 Å². The van der Waals surface area contributed by atoms with Crippen molar-refractivity contribution in [2.45, 2.75) is 25.9 Å². The van der Waals surface area contributed by atoms with Crippen LogP contribution in [0.25, 0.3) is 0 Å². The lowest BCUT2D eigenvalue weighted by atomic mass is 10.2. The molecule has 1 amide bonds.